The van der Waals surface area contributed by atoms with E-state index in [1.54, 1.807) is 17.5 Å². The third-order valence-electron chi connectivity index (χ3n) is 3.57. The number of fused-ring (bicyclic) bond motifs is 1. The lowest BCUT2D eigenvalue weighted by molar-refractivity contribution is -0.122. The van der Waals surface area contributed by atoms with Crippen molar-refractivity contribution in [1.82, 2.24) is 10.3 Å². The van der Waals surface area contributed by atoms with Crippen LogP contribution in [0, 0.1) is 0 Å². The van der Waals surface area contributed by atoms with Crippen LogP contribution in [0.2, 0.25) is 0 Å². The first-order chi connectivity index (χ1) is 9.34. The van der Waals surface area contributed by atoms with E-state index in [1.165, 1.54) is 11.1 Å². The van der Waals surface area contributed by atoms with Crippen molar-refractivity contribution >= 4 is 17.2 Å². The van der Waals surface area contributed by atoms with Gasteiger partial charge < -0.3 is 5.32 Å². The Bertz CT molecular complexity index is 565. The van der Waals surface area contributed by atoms with Crippen molar-refractivity contribution in [3.63, 3.8) is 0 Å². The van der Waals surface area contributed by atoms with E-state index in [9.17, 15) is 4.79 Å². The number of rotatable bonds is 4. The molecule has 3 nitrogen and oxygen atoms in total. The summed E-state index contributed by atoms with van der Waals surface area (Å²) >= 11 is 1.63. The van der Waals surface area contributed by atoms with Gasteiger partial charge in [0.2, 0.25) is 5.91 Å². The first-order valence-electron chi connectivity index (χ1n) is 6.58. The van der Waals surface area contributed by atoms with Gasteiger partial charge in [0, 0.05) is 24.5 Å². The Hall–Kier alpha value is -1.68. The first kappa shape index (κ1) is 12.4. The quantitative estimate of drug-likeness (QED) is 0.929. The molecular weight excluding hydrogens is 256 g/mol. The summed E-state index contributed by atoms with van der Waals surface area (Å²) in [7, 11) is 0. The molecule has 19 heavy (non-hydrogen) atoms. The minimum atomic E-state index is 0.0347. The third-order valence-corrected chi connectivity index (χ3v) is 4.41. The minimum absolute atomic E-state index is 0.0347. The molecule has 0 radical (unpaired) electrons. The predicted octanol–water partition coefficient (Wildman–Crippen LogP) is 2.53. The van der Waals surface area contributed by atoms with E-state index in [0.717, 1.165) is 24.3 Å². The average Bonchev–Trinajstić information content (AvgIpc) is 3.07. The van der Waals surface area contributed by atoms with Crippen LogP contribution in [0.4, 0.5) is 0 Å². The molecule has 0 bridgehead atoms. The van der Waals surface area contributed by atoms with E-state index in [1.807, 2.05) is 17.5 Å². The minimum Gasteiger partial charge on any atom is -0.355 e. The molecule has 1 aromatic carbocycles. The summed E-state index contributed by atoms with van der Waals surface area (Å²) in [5.74, 6) is 0.189. The molecule has 1 N–H and O–H groups in total. The van der Waals surface area contributed by atoms with Gasteiger partial charge in [-0.2, -0.15) is 0 Å². The Balaban J connectivity index is 1.57. The van der Waals surface area contributed by atoms with E-state index < -0.39 is 0 Å². The van der Waals surface area contributed by atoms with Crippen LogP contribution in [-0.2, 0) is 17.6 Å². The lowest BCUT2D eigenvalue weighted by Gasteiger charge is -2.11. The monoisotopic (exact) mass is 272 g/mol. The standard InChI is InChI=1S/C15H16N2OS/c18-15(17-8-7-14-16-9-10-19-14)13-6-5-11-3-1-2-4-12(11)13/h1-4,9-10,13H,5-8H2,(H,17,18)/t13-/m0/s1. The Kier molecular flexibility index (Phi) is 3.60. The summed E-state index contributed by atoms with van der Waals surface area (Å²) < 4.78 is 0. The first-order valence-corrected chi connectivity index (χ1v) is 7.46. The summed E-state index contributed by atoms with van der Waals surface area (Å²) in [6.45, 7) is 0.672. The fourth-order valence-electron chi connectivity index (χ4n) is 2.62. The number of hydrogen-bond donors (Lipinski definition) is 1. The third kappa shape index (κ3) is 2.68. The molecular formula is C15H16N2OS. The number of nitrogens with zero attached hydrogens (tertiary/aromatic N) is 1. The summed E-state index contributed by atoms with van der Waals surface area (Å²) in [4.78, 5) is 16.4. The summed E-state index contributed by atoms with van der Waals surface area (Å²) in [5, 5.41) is 6.07. The maximum Gasteiger partial charge on any atom is 0.227 e. The number of nitrogens with one attached hydrogen (secondary N) is 1. The molecule has 1 aliphatic rings. The number of amides is 1. The normalized spacial score (nSPS) is 17.2. The zero-order chi connectivity index (χ0) is 13.1. The Morgan fingerprint density at radius 3 is 3.16 bits per heavy atom. The average molecular weight is 272 g/mol. The van der Waals surface area contributed by atoms with E-state index in [-0.39, 0.29) is 11.8 Å². The van der Waals surface area contributed by atoms with Gasteiger partial charge in [-0.15, -0.1) is 11.3 Å². The van der Waals surface area contributed by atoms with Gasteiger partial charge in [-0.3, -0.25) is 4.79 Å². The highest BCUT2D eigenvalue weighted by Crippen LogP contribution is 2.32. The van der Waals surface area contributed by atoms with Gasteiger partial charge in [-0.05, 0) is 24.0 Å². The highest BCUT2D eigenvalue weighted by Gasteiger charge is 2.27. The van der Waals surface area contributed by atoms with E-state index in [4.69, 9.17) is 0 Å². The molecule has 2 aromatic rings. The second kappa shape index (κ2) is 5.53. The van der Waals surface area contributed by atoms with Crippen LogP contribution in [-0.4, -0.2) is 17.4 Å². The van der Waals surface area contributed by atoms with Crippen LogP contribution in [0.25, 0.3) is 0 Å². The second-order valence-electron chi connectivity index (χ2n) is 4.76. The smallest absolute Gasteiger partial charge is 0.227 e. The van der Waals surface area contributed by atoms with Crippen LogP contribution in [0.1, 0.15) is 28.5 Å². The van der Waals surface area contributed by atoms with E-state index >= 15 is 0 Å². The molecule has 3 rings (SSSR count). The second-order valence-corrected chi connectivity index (χ2v) is 5.74. The highest BCUT2D eigenvalue weighted by atomic mass is 32.1. The number of aromatic nitrogens is 1. The SMILES string of the molecule is O=C(NCCc1nccs1)[C@H]1CCc2ccccc21. The van der Waals surface area contributed by atoms with Crippen molar-refractivity contribution in [3.8, 4) is 0 Å². The van der Waals surface area contributed by atoms with Gasteiger partial charge >= 0.3 is 0 Å². The zero-order valence-electron chi connectivity index (χ0n) is 10.6. The van der Waals surface area contributed by atoms with Crippen molar-refractivity contribution in [2.24, 2.45) is 0 Å². The van der Waals surface area contributed by atoms with Gasteiger partial charge in [-0.1, -0.05) is 24.3 Å². The number of benzene rings is 1. The lowest BCUT2D eigenvalue weighted by atomic mass is 10.0. The topological polar surface area (TPSA) is 42.0 Å². The maximum atomic E-state index is 12.2. The molecule has 1 atom stereocenters. The van der Waals surface area contributed by atoms with E-state index in [2.05, 4.69) is 22.4 Å². The number of thiazole rings is 1. The molecule has 0 aliphatic heterocycles. The van der Waals surface area contributed by atoms with Crippen molar-refractivity contribution in [2.45, 2.75) is 25.2 Å². The van der Waals surface area contributed by atoms with Gasteiger partial charge in [0.15, 0.2) is 0 Å². The van der Waals surface area contributed by atoms with Crippen molar-refractivity contribution in [2.75, 3.05) is 6.54 Å². The summed E-state index contributed by atoms with van der Waals surface area (Å²) in [5.41, 5.74) is 2.52. The number of aryl methyl sites for hydroxylation is 1. The molecule has 1 aliphatic carbocycles. The van der Waals surface area contributed by atoms with Crippen LogP contribution >= 0.6 is 11.3 Å². The number of hydrogen-bond acceptors (Lipinski definition) is 3. The fourth-order valence-corrected chi connectivity index (χ4v) is 3.24. The highest BCUT2D eigenvalue weighted by molar-refractivity contribution is 7.09. The molecule has 0 unspecified atom stereocenters. The van der Waals surface area contributed by atoms with Gasteiger partial charge in [0.25, 0.3) is 0 Å². The zero-order valence-corrected chi connectivity index (χ0v) is 11.5. The maximum absolute atomic E-state index is 12.2. The molecule has 1 heterocycles. The van der Waals surface area contributed by atoms with Gasteiger partial charge in [-0.25, -0.2) is 4.98 Å². The predicted molar refractivity (Wildman–Crippen MR) is 76.3 cm³/mol. The van der Waals surface area contributed by atoms with Crippen molar-refractivity contribution in [1.29, 1.82) is 0 Å². The number of carbonyl (C=O) groups excluding carboxylic acids is 1. The Morgan fingerprint density at radius 1 is 1.42 bits per heavy atom. The molecule has 0 saturated carbocycles. The van der Waals surface area contributed by atoms with Crippen LogP contribution in [0.5, 0.6) is 0 Å². The molecule has 0 fully saturated rings. The van der Waals surface area contributed by atoms with Crippen molar-refractivity contribution in [3.05, 3.63) is 52.0 Å². The Morgan fingerprint density at radius 2 is 2.32 bits per heavy atom. The summed E-state index contributed by atoms with van der Waals surface area (Å²) in [6.07, 6.45) is 4.57. The van der Waals surface area contributed by atoms with Gasteiger partial charge in [0.05, 0.1) is 10.9 Å². The molecule has 98 valence electrons. The molecule has 1 amide bonds. The van der Waals surface area contributed by atoms with Crippen molar-refractivity contribution < 1.29 is 4.79 Å². The molecule has 0 spiro atoms. The van der Waals surface area contributed by atoms with Crippen LogP contribution in [0.15, 0.2) is 35.8 Å². The fraction of sp³-hybridized carbons (Fsp3) is 0.333. The van der Waals surface area contributed by atoms with Crippen LogP contribution < -0.4 is 5.32 Å². The molecule has 1 aromatic heterocycles. The summed E-state index contributed by atoms with van der Waals surface area (Å²) in [6, 6.07) is 8.26. The largest absolute Gasteiger partial charge is 0.355 e. The Labute approximate surface area is 116 Å². The number of carbonyl (C=O) groups is 1. The van der Waals surface area contributed by atoms with Crippen LogP contribution in [0.3, 0.4) is 0 Å². The molecule has 0 saturated heterocycles. The lowest BCUT2D eigenvalue weighted by Crippen LogP contribution is -2.30. The van der Waals surface area contributed by atoms with E-state index in [0.29, 0.717) is 6.54 Å². The van der Waals surface area contributed by atoms with Gasteiger partial charge in [0.1, 0.15) is 0 Å². The molecule has 4 heteroatoms.